The Hall–Kier alpha value is -3.02. The lowest BCUT2D eigenvalue weighted by atomic mass is 10.1. The molecule has 1 aliphatic carbocycles. The van der Waals surface area contributed by atoms with Gasteiger partial charge in [-0.1, -0.05) is 18.2 Å². The standard InChI is InChI=1S/C19H19N3O3/c1-11(18(23)22-19(24)21-12-6-7-12)20-13-8-9-17-15(10-13)14-4-2-3-5-16(14)25-17/h2-5,8-12,20H,6-7H2,1H3,(H2,21,22,23,24)/t11-/m1/s1. The van der Waals surface area contributed by atoms with Crippen LogP contribution in [0.4, 0.5) is 10.5 Å². The van der Waals surface area contributed by atoms with Crippen LogP contribution in [0.5, 0.6) is 0 Å². The first-order chi connectivity index (χ1) is 12.1. The molecule has 0 unspecified atom stereocenters. The van der Waals surface area contributed by atoms with Gasteiger partial charge < -0.3 is 15.1 Å². The van der Waals surface area contributed by atoms with E-state index in [2.05, 4.69) is 16.0 Å². The van der Waals surface area contributed by atoms with E-state index in [4.69, 9.17) is 4.42 Å². The Balaban J connectivity index is 1.48. The highest BCUT2D eigenvalue weighted by Crippen LogP contribution is 2.30. The van der Waals surface area contributed by atoms with E-state index in [0.717, 1.165) is 40.5 Å². The number of amides is 3. The van der Waals surface area contributed by atoms with Gasteiger partial charge in [-0.2, -0.15) is 0 Å². The molecule has 6 heteroatoms. The van der Waals surface area contributed by atoms with E-state index in [1.807, 2.05) is 42.5 Å². The van der Waals surface area contributed by atoms with Crippen molar-refractivity contribution < 1.29 is 14.0 Å². The fourth-order valence-electron chi connectivity index (χ4n) is 2.80. The molecule has 0 radical (unpaired) electrons. The van der Waals surface area contributed by atoms with Crippen molar-refractivity contribution in [3.63, 3.8) is 0 Å². The van der Waals surface area contributed by atoms with Crippen LogP contribution in [0.15, 0.2) is 46.9 Å². The molecular weight excluding hydrogens is 318 g/mol. The maximum atomic E-state index is 12.1. The number of benzene rings is 2. The third-order valence-corrected chi connectivity index (χ3v) is 4.30. The zero-order chi connectivity index (χ0) is 17.4. The van der Waals surface area contributed by atoms with Crippen LogP contribution in [0.1, 0.15) is 19.8 Å². The predicted octanol–water partition coefficient (Wildman–Crippen LogP) is 3.37. The van der Waals surface area contributed by atoms with Crippen LogP contribution in [0, 0.1) is 0 Å². The van der Waals surface area contributed by atoms with E-state index >= 15 is 0 Å². The van der Waals surface area contributed by atoms with Gasteiger partial charge in [-0.3, -0.25) is 10.1 Å². The maximum absolute atomic E-state index is 12.1. The molecule has 1 aliphatic rings. The highest BCUT2D eigenvalue weighted by molar-refractivity contribution is 6.06. The molecular formula is C19H19N3O3. The molecule has 1 aromatic heterocycles. The molecule has 0 spiro atoms. The molecule has 0 saturated heterocycles. The summed E-state index contributed by atoms with van der Waals surface area (Å²) >= 11 is 0. The van der Waals surface area contributed by atoms with Crippen molar-refractivity contribution in [2.75, 3.05) is 5.32 Å². The maximum Gasteiger partial charge on any atom is 0.321 e. The fraction of sp³-hybridized carbons (Fsp3) is 0.263. The molecule has 128 valence electrons. The summed E-state index contributed by atoms with van der Waals surface area (Å²) < 4.78 is 5.80. The summed E-state index contributed by atoms with van der Waals surface area (Å²) in [6, 6.07) is 12.8. The molecule has 2 aromatic carbocycles. The van der Waals surface area contributed by atoms with Crippen molar-refractivity contribution in [2.45, 2.75) is 31.8 Å². The summed E-state index contributed by atoms with van der Waals surface area (Å²) in [6.45, 7) is 1.72. The van der Waals surface area contributed by atoms with Gasteiger partial charge in [-0.25, -0.2) is 4.79 Å². The smallest absolute Gasteiger partial charge is 0.321 e. The van der Waals surface area contributed by atoms with Crippen molar-refractivity contribution in [1.82, 2.24) is 10.6 Å². The first-order valence-corrected chi connectivity index (χ1v) is 8.39. The number of carbonyl (C=O) groups is 2. The summed E-state index contributed by atoms with van der Waals surface area (Å²) in [5.74, 6) is -0.365. The second kappa shape index (κ2) is 6.12. The number of anilines is 1. The Labute approximate surface area is 144 Å². The molecule has 4 rings (SSSR count). The van der Waals surface area contributed by atoms with Crippen molar-refractivity contribution in [3.8, 4) is 0 Å². The SMILES string of the molecule is C[C@@H](Nc1ccc2oc3ccccc3c2c1)C(=O)NC(=O)NC1CC1. The van der Waals surface area contributed by atoms with E-state index in [1.54, 1.807) is 6.92 Å². The lowest BCUT2D eigenvalue weighted by molar-refractivity contribution is -0.120. The second-order valence-electron chi connectivity index (χ2n) is 6.41. The van der Waals surface area contributed by atoms with Crippen LogP contribution in [0.2, 0.25) is 0 Å². The topological polar surface area (TPSA) is 83.4 Å². The van der Waals surface area contributed by atoms with Crippen molar-refractivity contribution >= 4 is 39.6 Å². The Bertz CT molecular complexity index is 959. The minimum atomic E-state index is -0.541. The van der Waals surface area contributed by atoms with Gasteiger partial charge in [0.2, 0.25) is 5.91 Å². The van der Waals surface area contributed by atoms with Gasteiger partial charge in [-0.15, -0.1) is 0 Å². The first-order valence-electron chi connectivity index (χ1n) is 8.39. The minimum absolute atomic E-state index is 0.216. The quantitative estimate of drug-likeness (QED) is 0.681. The van der Waals surface area contributed by atoms with Gasteiger partial charge in [0.05, 0.1) is 0 Å². The third-order valence-electron chi connectivity index (χ3n) is 4.30. The summed E-state index contributed by atoms with van der Waals surface area (Å²) in [5.41, 5.74) is 2.43. The number of carbonyl (C=O) groups excluding carboxylic acids is 2. The number of rotatable bonds is 4. The molecule has 3 amide bonds. The predicted molar refractivity (Wildman–Crippen MR) is 96.5 cm³/mol. The van der Waals surface area contributed by atoms with E-state index in [9.17, 15) is 9.59 Å². The van der Waals surface area contributed by atoms with Crippen LogP contribution < -0.4 is 16.0 Å². The van der Waals surface area contributed by atoms with Crippen molar-refractivity contribution in [2.24, 2.45) is 0 Å². The number of hydrogen-bond acceptors (Lipinski definition) is 4. The molecule has 0 aliphatic heterocycles. The number of hydrogen-bond donors (Lipinski definition) is 3. The number of imide groups is 1. The Morgan fingerprint density at radius 3 is 2.64 bits per heavy atom. The molecule has 1 atom stereocenters. The molecule has 1 heterocycles. The van der Waals surface area contributed by atoms with E-state index in [1.165, 1.54) is 0 Å². The first kappa shape index (κ1) is 15.5. The zero-order valence-electron chi connectivity index (χ0n) is 13.8. The molecule has 1 saturated carbocycles. The molecule has 25 heavy (non-hydrogen) atoms. The van der Waals surface area contributed by atoms with Crippen LogP contribution in [0.3, 0.4) is 0 Å². The van der Waals surface area contributed by atoms with Gasteiger partial charge in [0.15, 0.2) is 0 Å². The molecule has 3 N–H and O–H groups in total. The Morgan fingerprint density at radius 2 is 1.84 bits per heavy atom. The van der Waals surface area contributed by atoms with Crippen LogP contribution >= 0.6 is 0 Å². The van der Waals surface area contributed by atoms with Crippen LogP contribution in [0.25, 0.3) is 21.9 Å². The van der Waals surface area contributed by atoms with Crippen molar-refractivity contribution in [3.05, 3.63) is 42.5 Å². The monoisotopic (exact) mass is 337 g/mol. The van der Waals surface area contributed by atoms with Crippen molar-refractivity contribution in [1.29, 1.82) is 0 Å². The average Bonchev–Trinajstić information content (AvgIpc) is 3.33. The number of nitrogens with one attached hydrogen (secondary N) is 3. The number of para-hydroxylation sites is 1. The lowest BCUT2D eigenvalue weighted by Crippen LogP contribution is -2.46. The summed E-state index contributed by atoms with van der Waals surface area (Å²) in [5, 5.41) is 10.2. The second-order valence-corrected chi connectivity index (χ2v) is 6.41. The largest absolute Gasteiger partial charge is 0.456 e. The van der Waals surface area contributed by atoms with E-state index in [0.29, 0.717) is 0 Å². The zero-order valence-corrected chi connectivity index (χ0v) is 13.8. The highest BCUT2D eigenvalue weighted by atomic mass is 16.3. The van der Waals surface area contributed by atoms with Crippen LogP contribution in [-0.4, -0.2) is 24.0 Å². The molecule has 1 fully saturated rings. The number of furan rings is 1. The lowest BCUT2D eigenvalue weighted by Gasteiger charge is -2.15. The molecule has 0 bridgehead atoms. The summed E-state index contributed by atoms with van der Waals surface area (Å²) in [4.78, 5) is 23.8. The van der Waals surface area contributed by atoms with E-state index in [-0.39, 0.29) is 11.9 Å². The van der Waals surface area contributed by atoms with Crippen LogP contribution in [-0.2, 0) is 4.79 Å². The van der Waals surface area contributed by atoms with Gasteiger partial charge in [-0.05, 0) is 44.0 Å². The molecule has 3 aromatic rings. The number of urea groups is 1. The average molecular weight is 337 g/mol. The highest BCUT2D eigenvalue weighted by Gasteiger charge is 2.25. The number of fused-ring (bicyclic) bond motifs is 3. The Kier molecular flexibility index (Phi) is 3.80. The Morgan fingerprint density at radius 1 is 1.08 bits per heavy atom. The normalized spacial score (nSPS) is 15.1. The summed E-state index contributed by atoms with van der Waals surface area (Å²) in [7, 11) is 0. The van der Waals surface area contributed by atoms with Gasteiger partial charge in [0.1, 0.15) is 17.2 Å². The van der Waals surface area contributed by atoms with Gasteiger partial charge in [0.25, 0.3) is 0 Å². The minimum Gasteiger partial charge on any atom is -0.456 e. The fourth-order valence-corrected chi connectivity index (χ4v) is 2.80. The third kappa shape index (κ3) is 3.28. The van der Waals surface area contributed by atoms with Gasteiger partial charge in [0, 0.05) is 22.5 Å². The van der Waals surface area contributed by atoms with Gasteiger partial charge >= 0.3 is 6.03 Å². The molecule has 6 nitrogen and oxygen atoms in total. The van der Waals surface area contributed by atoms with E-state index < -0.39 is 12.1 Å². The summed E-state index contributed by atoms with van der Waals surface area (Å²) in [6.07, 6.45) is 1.96.